The maximum Gasteiger partial charge on any atom is 0.234 e. The Morgan fingerprint density at radius 1 is 1.22 bits per heavy atom. The van der Waals surface area contributed by atoms with Crippen molar-refractivity contribution in [3.05, 3.63) is 0 Å². The van der Waals surface area contributed by atoms with Gasteiger partial charge in [0.2, 0.25) is 5.91 Å². The number of hydrogen-bond acceptors (Lipinski definition) is 3. The molecule has 0 radical (unpaired) electrons. The van der Waals surface area contributed by atoms with E-state index in [2.05, 4.69) is 37.9 Å². The molecule has 0 heterocycles. The van der Waals surface area contributed by atoms with Gasteiger partial charge >= 0.3 is 0 Å². The number of amides is 1. The number of hydrogen-bond donors (Lipinski definition) is 2. The second-order valence-corrected chi connectivity index (χ2v) is 4.85. The topological polar surface area (TPSA) is 58.4 Å². The van der Waals surface area contributed by atoms with E-state index < -0.39 is 0 Å². The van der Waals surface area contributed by atoms with Crippen LogP contribution >= 0.6 is 0 Å². The lowest BCUT2D eigenvalue weighted by molar-refractivity contribution is -0.123. The molecule has 0 saturated heterocycles. The quantitative estimate of drug-likeness (QED) is 0.586. The van der Waals surface area contributed by atoms with Crippen LogP contribution in [0.1, 0.15) is 53.4 Å². The minimum atomic E-state index is -0.0309. The highest BCUT2D eigenvalue weighted by Crippen LogP contribution is 2.22. The molecule has 0 saturated carbocycles. The van der Waals surface area contributed by atoms with Crippen LogP contribution in [0.3, 0.4) is 0 Å². The third-order valence-electron chi connectivity index (χ3n) is 3.94. The zero-order valence-corrected chi connectivity index (χ0v) is 12.6. The summed E-state index contributed by atoms with van der Waals surface area (Å²) in [6.45, 7) is 11.2. The first-order valence-corrected chi connectivity index (χ1v) is 7.31. The summed E-state index contributed by atoms with van der Waals surface area (Å²) in [4.78, 5) is 14.1. The number of unbranched alkanes of at least 4 members (excludes halogenated alkanes) is 1. The van der Waals surface area contributed by atoms with E-state index in [9.17, 15) is 4.79 Å². The van der Waals surface area contributed by atoms with Gasteiger partial charge in [0.25, 0.3) is 0 Å². The van der Waals surface area contributed by atoms with Crippen LogP contribution in [-0.4, -0.2) is 42.5 Å². The molecule has 0 aliphatic rings. The molecule has 0 spiro atoms. The van der Waals surface area contributed by atoms with Crippen molar-refractivity contribution in [2.45, 2.75) is 58.9 Å². The molecule has 4 heteroatoms. The minimum Gasteiger partial charge on any atom is -0.355 e. The molecule has 0 aromatic rings. The Morgan fingerprint density at radius 3 is 2.22 bits per heavy atom. The van der Waals surface area contributed by atoms with Gasteiger partial charge in [-0.3, -0.25) is 9.69 Å². The molecule has 0 atom stereocenters. The molecule has 0 fully saturated rings. The van der Waals surface area contributed by atoms with Crippen LogP contribution in [0.2, 0.25) is 0 Å². The predicted octanol–water partition coefficient (Wildman–Crippen LogP) is 1.74. The van der Waals surface area contributed by atoms with E-state index in [-0.39, 0.29) is 11.4 Å². The van der Waals surface area contributed by atoms with E-state index in [1.54, 1.807) is 0 Å². The monoisotopic (exact) mass is 257 g/mol. The summed E-state index contributed by atoms with van der Waals surface area (Å²) in [5.74, 6) is 0.116. The van der Waals surface area contributed by atoms with Crippen LogP contribution in [0.15, 0.2) is 0 Å². The molecule has 0 aromatic carbocycles. The summed E-state index contributed by atoms with van der Waals surface area (Å²) < 4.78 is 0. The van der Waals surface area contributed by atoms with Gasteiger partial charge in [0.1, 0.15) is 0 Å². The van der Waals surface area contributed by atoms with E-state index in [0.717, 1.165) is 38.8 Å². The van der Waals surface area contributed by atoms with Crippen LogP contribution in [0.4, 0.5) is 0 Å². The van der Waals surface area contributed by atoms with Gasteiger partial charge in [0.15, 0.2) is 0 Å². The van der Waals surface area contributed by atoms with Crippen molar-refractivity contribution in [2.75, 3.05) is 26.2 Å². The minimum absolute atomic E-state index is 0.0309. The summed E-state index contributed by atoms with van der Waals surface area (Å²) in [5.41, 5.74) is 5.90. The molecule has 4 nitrogen and oxygen atoms in total. The summed E-state index contributed by atoms with van der Waals surface area (Å²) in [6, 6.07) is 0. The molecule has 108 valence electrons. The average Bonchev–Trinajstić information content (AvgIpc) is 2.40. The summed E-state index contributed by atoms with van der Waals surface area (Å²) in [5, 5.41) is 2.97. The van der Waals surface area contributed by atoms with E-state index in [4.69, 9.17) is 5.73 Å². The number of nitrogens with one attached hydrogen (secondary N) is 1. The zero-order chi connectivity index (χ0) is 14.0. The molecular formula is C14H31N3O. The number of nitrogens with two attached hydrogens (primary N) is 1. The first-order valence-electron chi connectivity index (χ1n) is 7.31. The van der Waals surface area contributed by atoms with Crippen molar-refractivity contribution >= 4 is 5.91 Å². The molecule has 1 amide bonds. The van der Waals surface area contributed by atoms with Gasteiger partial charge < -0.3 is 11.1 Å². The standard InChI is InChI=1S/C14H31N3O/c1-5-9-10-16-13(18)11-17(8-4)14(6-2,7-3)12-15/h5-12,15H2,1-4H3,(H,16,18). The van der Waals surface area contributed by atoms with Gasteiger partial charge in [-0.1, -0.05) is 34.1 Å². The lowest BCUT2D eigenvalue weighted by atomic mass is 9.90. The highest BCUT2D eigenvalue weighted by Gasteiger charge is 2.31. The van der Waals surface area contributed by atoms with Crippen LogP contribution in [0.5, 0.6) is 0 Å². The summed E-state index contributed by atoms with van der Waals surface area (Å²) >= 11 is 0. The second-order valence-electron chi connectivity index (χ2n) is 4.85. The van der Waals surface area contributed by atoms with Gasteiger partial charge in [0, 0.05) is 18.6 Å². The van der Waals surface area contributed by atoms with Crippen molar-refractivity contribution < 1.29 is 4.79 Å². The van der Waals surface area contributed by atoms with Crippen molar-refractivity contribution in [1.29, 1.82) is 0 Å². The fraction of sp³-hybridized carbons (Fsp3) is 0.929. The van der Waals surface area contributed by atoms with Crippen molar-refractivity contribution in [3.8, 4) is 0 Å². The van der Waals surface area contributed by atoms with Crippen molar-refractivity contribution in [3.63, 3.8) is 0 Å². The zero-order valence-electron chi connectivity index (χ0n) is 12.6. The first kappa shape index (κ1) is 17.4. The van der Waals surface area contributed by atoms with E-state index in [1.807, 2.05) is 0 Å². The lowest BCUT2D eigenvalue weighted by Crippen LogP contribution is -2.55. The van der Waals surface area contributed by atoms with Crippen LogP contribution < -0.4 is 11.1 Å². The van der Waals surface area contributed by atoms with E-state index in [1.165, 1.54) is 0 Å². The normalized spacial score (nSPS) is 11.9. The molecule has 0 bridgehead atoms. The number of likely N-dealkylation sites (N-methyl/N-ethyl adjacent to an activating group) is 1. The Balaban J connectivity index is 4.43. The fourth-order valence-corrected chi connectivity index (χ4v) is 2.36. The number of carbonyl (C=O) groups excluding carboxylic acids is 1. The average molecular weight is 257 g/mol. The molecular weight excluding hydrogens is 226 g/mol. The molecule has 0 rings (SSSR count). The Labute approximate surface area is 112 Å². The third-order valence-corrected chi connectivity index (χ3v) is 3.94. The highest BCUT2D eigenvalue weighted by molar-refractivity contribution is 5.78. The highest BCUT2D eigenvalue weighted by atomic mass is 16.2. The van der Waals surface area contributed by atoms with Crippen LogP contribution in [0, 0.1) is 0 Å². The number of rotatable bonds is 10. The number of carbonyl (C=O) groups is 1. The molecule has 0 aliphatic carbocycles. The lowest BCUT2D eigenvalue weighted by Gasteiger charge is -2.41. The van der Waals surface area contributed by atoms with Crippen molar-refractivity contribution in [2.24, 2.45) is 5.73 Å². The Hall–Kier alpha value is -0.610. The Morgan fingerprint density at radius 2 is 1.83 bits per heavy atom. The van der Waals surface area contributed by atoms with Gasteiger partial charge in [0.05, 0.1) is 6.54 Å². The predicted molar refractivity (Wildman–Crippen MR) is 77.5 cm³/mol. The molecule has 0 aromatic heterocycles. The molecule has 3 N–H and O–H groups in total. The van der Waals surface area contributed by atoms with Gasteiger partial charge in [-0.05, 0) is 25.8 Å². The summed E-state index contributed by atoms with van der Waals surface area (Å²) in [7, 11) is 0. The maximum atomic E-state index is 11.9. The molecule has 18 heavy (non-hydrogen) atoms. The summed E-state index contributed by atoms with van der Waals surface area (Å²) in [6.07, 6.45) is 4.11. The SMILES string of the molecule is CCCCNC(=O)CN(CC)C(CC)(CC)CN. The van der Waals surface area contributed by atoms with Crippen LogP contribution in [0.25, 0.3) is 0 Å². The largest absolute Gasteiger partial charge is 0.355 e. The third kappa shape index (κ3) is 4.94. The van der Waals surface area contributed by atoms with E-state index >= 15 is 0 Å². The van der Waals surface area contributed by atoms with Gasteiger partial charge in [-0.15, -0.1) is 0 Å². The smallest absolute Gasteiger partial charge is 0.234 e. The molecule has 0 aliphatic heterocycles. The Bertz CT molecular complexity index is 219. The van der Waals surface area contributed by atoms with Gasteiger partial charge in [-0.25, -0.2) is 0 Å². The van der Waals surface area contributed by atoms with Gasteiger partial charge in [-0.2, -0.15) is 0 Å². The fourth-order valence-electron chi connectivity index (χ4n) is 2.36. The second kappa shape index (κ2) is 9.34. The number of nitrogens with zero attached hydrogens (tertiary/aromatic N) is 1. The van der Waals surface area contributed by atoms with Crippen molar-refractivity contribution in [1.82, 2.24) is 10.2 Å². The van der Waals surface area contributed by atoms with Crippen LogP contribution in [-0.2, 0) is 4.79 Å². The maximum absolute atomic E-state index is 11.9. The molecule has 0 unspecified atom stereocenters. The Kier molecular flexibility index (Phi) is 9.02. The first-order chi connectivity index (χ1) is 8.60. The van der Waals surface area contributed by atoms with E-state index in [0.29, 0.717) is 13.1 Å².